The Morgan fingerprint density at radius 1 is 1.45 bits per heavy atom. The summed E-state index contributed by atoms with van der Waals surface area (Å²) < 4.78 is 7.86. The molecule has 0 amide bonds. The number of benzene rings is 1. The molecule has 2 atom stereocenters. The van der Waals surface area contributed by atoms with Crippen LogP contribution in [0.15, 0.2) is 18.2 Å². The Bertz CT molecular complexity index is 610. The number of nitrogens with zero attached hydrogens (tertiary/aromatic N) is 2. The third-order valence-corrected chi connectivity index (χ3v) is 5.16. The molecule has 0 saturated heterocycles. The van der Waals surface area contributed by atoms with Crippen LogP contribution in [-0.2, 0) is 0 Å². The van der Waals surface area contributed by atoms with Crippen LogP contribution in [0, 0.1) is 0 Å². The van der Waals surface area contributed by atoms with E-state index in [0.29, 0.717) is 18.6 Å². The van der Waals surface area contributed by atoms with Gasteiger partial charge in [-0.3, -0.25) is 0 Å². The fourth-order valence-corrected chi connectivity index (χ4v) is 3.92. The van der Waals surface area contributed by atoms with Crippen LogP contribution in [0.4, 0.5) is 5.95 Å². The summed E-state index contributed by atoms with van der Waals surface area (Å²) in [6, 6.07) is 6.54. The van der Waals surface area contributed by atoms with Gasteiger partial charge < -0.3 is 15.0 Å². The summed E-state index contributed by atoms with van der Waals surface area (Å²) in [6.45, 7) is 2.63. The van der Waals surface area contributed by atoms with Crippen molar-refractivity contribution in [2.24, 2.45) is 0 Å². The summed E-state index contributed by atoms with van der Waals surface area (Å²) in [5.41, 5.74) is 8.16. The monoisotopic (exact) mass is 291 g/mol. The van der Waals surface area contributed by atoms with Crippen molar-refractivity contribution in [2.75, 3.05) is 18.6 Å². The Hall–Kier alpha value is -1.36. The van der Waals surface area contributed by atoms with E-state index in [1.807, 2.05) is 30.8 Å². The first-order valence-electron chi connectivity index (χ1n) is 7.16. The molecule has 1 aliphatic carbocycles. The minimum atomic E-state index is 0.467. The van der Waals surface area contributed by atoms with Gasteiger partial charge in [-0.2, -0.15) is 11.8 Å². The zero-order valence-corrected chi connectivity index (χ0v) is 12.8. The van der Waals surface area contributed by atoms with Crippen molar-refractivity contribution in [3.63, 3.8) is 0 Å². The molecule has 3 rings (SSSR count). The molecule has 1 aromatic carbocycles. The normalized spacial score (nSPS) is 22.5. The number of thioether (sulfide) groups is 1. The quantitative estimate of drug-likeness (QED) is 0.937. The molecular formula is C15H21N3OS. The van der Waals surface area contributed by atoms with Gasteiger partial charge in [0, 0.05) is 11.3 Å². The van der Waals surface area contributed by atoms with Crippen molar-refractivity contribution >= 4 is 28.7 Å². The van der Waals surface area contributed by atoms with E-state index in [1.165, 1.54) is 19.3 Å². The van der Waals surface area contributed by atoms with E-state index >= 15 is 0 Å². The molecule has 20 heavy (non-hydrogen) atoms. The van der Waals surface area contributed by atoms with Gasteiger partial charge in [-0.05, 0) is 44.6 Å². The average Bonchev–Trinajstić information content (AvgIpc) is 3.02. The van der Waals surface area contributed by atoms with E-state index in [9.17, 15) is 0 Å². The number of nitrogen functional groups attached to an aromatic ring is 1. The summed E-state index contributed by atoms with van der Waals surface area (Å²) in [4.78, 5) is 4.54. The highest BCUT2D eigenvalue weighted by Gasteiger charge is 2.28. The fourth-order valence-electron chi connectivity index (χ4n) is 3.13. The highest BCUT2D eigenvalue weighted by Crippen LogP contribution is 2.40. The molecule has 0 spiro atoms. The molecule has 0 radical (unpaired) electrons. The van der Waals surface area contributed by atoms with Gasteiger partial charge in [0.05, 0.1) is 12.1 Å². The molecule has 1 fully saturated rings. The average molecular weight is 291 g/mol. The number of ether oxygens (including phenoxy) is 1. The van der Waals surface area contributed by atoms with Crippen LogP contribution in [0.2, 0.25) is 0 Å². The second-order valence-corrected chi connectivity index (χ2v) is 6.36. The Kier molecular flexibility index (Phi) is 3.78. The van der Waals surface area contributed by atoms with Crippen LogP contribution in [0.25, 0.3) is 11.0 Å². The van der Waals surface area contributed by atoms with Crippen LogP contribution in [0.5, 0.6) is 5.75 Å². The number of hydrogen-bond acceptors (Lipinski definition) is 4. The number of fused-ring (bicyclic) bond motifs is 1. The standard InChI is InChI=1S/C15H21N3OS/c1-3-19-13-6-4-5-12-14(13)17-15(16)18(12)10-7-8-11(9-10)20-2/h4-6,10-11H,3,7-9H2,1-2H3,(H2,16,17). The van der Waals surface area contributed by atoms with Crippen molar-refractivity contribution in [3.05, 3.63) is 18.2 Å². The van der Waals surface area contributed by atoms with Crippen molar-refractivity contribution in [2.45, 2.75) is 37.5 Å². The SMILES string of the molecule is CCOc1cccc2c1nc(N)n2C1CCC(SC)C1. The summed E-state index contributed by atoms with van der Waals surface area (Å²) in [6.07, 6.45) is 5.81. The Morgan fingerprint density at radius 3 is 3.00 bits per heavy atom. The van der Waals surface area contributed by atoms with E-state index < -0.39 is 0 Å². The topological polar surface area (TPSA) is 53.1 Å². The van der Waals surface area contributed by atoms with Gasteiger partial charge in [-0.1, -0.05) is 6.07 Å². The van der Waals surface area contributed by atoms with Crippen LogP contribution < -0.4 is 10.5 Å². The molecule has 1 aromatic heterocycles. The van der Waals surface area contributed by atoms with Crippen molar-refractivity contribution in [1.29, 1.82) is 0 Å². The lowest BCUT2D eigenvalue weighted by Crippen LogP contribution is -2.09. The Balaban J connectivity index is 2.03. The minimum absolute atomic E-state index is 0.467. The molecule has 4 nitrogen and oxygen atoms in total. The van der Waals surface area contributed by atoms with Gasteiger partial charge in [0.2, 0.25) is 5.95 Å². The lowest BCUT2D eigenvalue weighted by atomic mass is 10.2. The van der Waals surface area contributed by atoms with E-state index in [1.54, 1.807) is 0 Å². The predicted molar refractivity (Wildman–Crippen MR) is 85.5 cm³/mol. The smallest absolute Gasteiger partial charge is 0.201 e. The number of imidazole rings is 1. The lowest BCUT2D eigenvalue weighted by molar-refractivity contribution is 0.343. The zero-order valence-electron chi connectivity index (χ0n) is 12.0. The molecule has 2 N–H and O–H groups in total. The van der Waals surface area contributed by atoms with Gasteiger partial charge in [-0.25, -0.2) is 4.98 Å². The van der Waals surface area contributed by atoms with Crippen molar-refractivity contribution < 1.29 is 4.74 Å². The second kappa shape index (κ2) is 5.56. The molecule has 2 unspecified atom stereocenters. The maximum atomic E-state index is 6.17. The van der Waals surface area contributed by atoms with Gasteiger partial charge in [-0.15, -0.1) is 0 Å². The van der Waals surface area contributed by atoms with Gasteiger partial charge in [0.15, 0.2) is 0 Å². The number of anilines is 1. The van der Waals surface area contributed by atoms with Crippen LogP contribution in [-0.4, -0.2) is 27.7 Å². The molecule has 1 heterocycles. The molecule has 0 bridgehead atoms. The second-order valence-electron chi connectivity index (χ2n) is 5.22. The first-order chi connectivity index (χ1) is 9.74. The summed E-state index contributed by atoms with van der Waals surface area (Å²) in [5, 5.41) is 0.743. The van der Waals surface area contributed by atoms with Gasteiger partial charge in [0.1, 0.15) is 11.3 Å². The first kappa shape index (κ1) is 13.6. The molecular weight excluding hydrogens is 270 g/mol. The highest BCUT2D eigenvalue weighted by molar-refractivity contribution is 7.99. The van der Waals surface area contributed by atoms with E-state index in [2.05, 4.69) is 21.9 Å². The Labute approximate surface area is 123 Å². The third kappa shape index (κ3) is 2.24. The number of hydrogen-bond donors (Lipinski definition) is 1. The zero-order chi connectivity index (χ0) is 14.1. The van der Waals surface area contributed by atoms with Crippen molar-refractivity contribution in [3.8, 4) is 5.75 Å². The highest BCUT2D eigenvalue weighted by atomic mass is 32.2. The summed E-state index contributed by atoms with van der Waals surface area (Å²) in [5.74, 6) is 1.44. The van der Waals surface area contributed by atoms with Crippen LogP contribution in [0.1, 0.15) is 32.2 Å². The van der Waals surface area contributed by atoms with E-state index in [-0.39, 0.29) is 0 Å². The molecule has 1 aliphatic rings. The summed E-state index contributed by atoms with van der Waals surface area (Å²) >= 11 is 1.96. The maximum Gasteiger partial charge on any atom is 0.201 e. The van der Waals surface area contributed by atoms with Crippen LogP contribution in [0.3, 0.4) is 0 Å². The van der Waals surface area contributed by atoms with Gasteiger partial charge in [0.25, 0.3) is 0 Å². The predicted octanol–water partition coefficient (Wildman–Crippen LogP) is 3.47. The fraction of sp³-hybridized carbons (Fsp3) is 0.533. The number of nitrogens with two attached hydrogens (primary N) is 1. The number of aromatic nitrogens is 2. The third-order valence-electron chi connectivity index (χ3n) is 4.07. The number of rotatable bonds is 4. The first-order valence-corrected chi connectivity index (χ1v) is 8.45. The van der Waals surface area contributed by atoms with Crippen molar-refractivity contribution in [1.82, 2.24) is 9.55 Å². The number of para-hydroxylation sites is 1. The van der Waals surface area contributed by atoms with E-state index in [4.69, 9.17) is 10.5 Å². The van der Waals surface area contributed by atoms with E-state index in [0.717, 1.165) is 22.0 Å². The van der Waals surface area contributed by atoms with Gasteiger partial charge >= 0.3 is 0 Å². The lowest BCUT2D eigenvalue weighted by Gasteiger charge is -2.15. The summed E-state index contributed by atoms with van der Waals surface area (Å²) in [7, 11) is 0. The molecule has 108 valence electrons. The molecule has 0 aliphatic heterocycles. The molecule has 2 aromatic rings. The maximum absolute atomic E-state index is 6.17. The minimum Gasteiger partial charge on any atom is -0.492 e. The largest absolute Gasteiger partial charge is 0.492 e. The van der Waals surface area contributed by atoms with Crippen LogP contribution >= 0.6 is 11.8 Å². The molecule has 5 heteroatoms. The Morgan fingerprint density at radius 2 is 2.30 bits per heavy atom. The molecule has 1 saturated carbocycles.